The average Bonchev–Trinajstić information content (AvgIpc) is 3.28. The van der Waals surface area contributed by atoms with Crippen molar-refractivity contribution in [2.45, 2.75) is 5.16 Å². The van der Waals surface area contributed by atoms with Crippen LogP contribution in [-0.4, -0.2) is 70.7 Å². The first kappa shape index (κ1) is 21.0. The van der Waals surface area contributed by atoms with Crippen LogP contribution in [0, 0.1) is 0 Å². The molecule has 1 aliphatic rings. The Balaban J connectivity index is 1.46. The van der Waals surface area contributed by atoms with Crippen molar-refractivity contribution in [1.29, 1.82) is 0 Å². The van der Waals surface area contributed by atoms with E-state index in [2.05, 4.69) is 4.98 Å². The van der Waals surface area contributed by atoms with E-state index in [0.717, 1.165) is 10.8 Å². The van der Waals surface area contributed by atoms with E-state index in [0.29, 0.717) is 43.2 Å². The van der Waals surface area contributed by atoms with Gasteiger partial charge in [-0.15, -0.1) is 0 Å². The Morgan fingerprint density at radius 2 is 1.52 bits per heavy atom. The summed E-state index contributed by atoms with van der Waals surface area (Å²) in [6.07, 6.45) is 3.58. The van der Waals surface area contributed by atoms with E-state index >= 15 is 0 Å². The molecule has 0 unspecified atom stereocenters. The van der Waals surface area contributed by atoms with Crippen LogP contribution in [0.4, 0.5) is 0 Å². The highest BCUT2D eigenvalue weighted by Gasteiger charge is 2.28. The lowest BCUT2D eigenvalue weighted by molar-refractivity contribution is 0.0530. The fraction of sp³-hybridized carbons (Fsp3) is 0.261. The molecule has 2 aromatic carbocycles. The minimum absolute atomic E-state index is 0.0336. The number of hydrogen-bond donors (Lipinski definition) is 0. The zero-order valence-electron chi connectivity index (χ0n) is 17.5. The fourth-order valence-corrected chi connectivity index (χ4v) is 4.19. The largest absolute Gasteiger partial charge is 0.497 e. The van der Waals surface area contributed by atoms with E-state index in [9.17, 15) is 9.59 Å². The predicted octanol–water partition coefficient (Wildman–Crippen LogP) is 3.20. The number of imidazole rings is 1. The Bertz CT molecular complexity index is 1060. The second-order valence-electron chi connectivity index (χ2n) is 7.11. The highest BCUT2D eigenvalue weighted by molar-refractivity contribution is 7.98. The minimum Gasteiger partial charge on any atom is -0.497 e. The third-order valence-corrected chi connectivity index (χ3v) is 5.99. The lowest BCUT2D eigenvalue weighted by Crippen LogP contribution is -2.50. The maximum Gasteiger partial charge on any atom is 0.272 e. The molecule has 0 aliphatic carbocycles. The second-order valence-corrected chi connectivity index (χ2v) is 7.89. The molecule has 31 heavy (non-hydrogen) atoms. The molecular formula is C23H24N4O3S. The van der Waals surface area contributed by atoms with Gasteiger partial charge < -0.3 is 14.5 Å². The van der Waals surface area contributed by atoms with Gasteiger partial charge in [0, 0.05) is 37.4 Å². The Morgan fingerprint density at radius 1 is 0.903 bits per heavy atom. The summed E-state index contributed by atoms with van der Waals surface area (Å²) >= 11 is 1.50. The van der Waals surface area contributed by atoms with Crippen molar-refractivity contribution in [2.24, 2.45) is 0 Å². The van der Waals surface area contributed by atoms with Crippen molar-refractivity contribution < 1.29 is 14.3 Å². The molecule has 160 valence electrons. The molecule has 0 atom stereocenters. The molecular weight excluding hydrogens is 412 g/mol. The molecule has 1 fully saturated rings. The number of ether oxygens (including phenoxy) is 1. The minimum atomic E-state index is -0.0757. The lowest BCUT2D eigenvalue weighted by Gasteiger charge is -2.35. The highest BCUT2D eigenvalue weighted by atomic mass is 32.2. The third kappa shape index (κ3) is 4.29. The van der Waals surface area contributed by atoms with Gasteiger partial charge in [0.1, 0.15) is 11.4 Å². The van der Waals surface area contributed by atoms with Crippen molar-refractivity contribution in [3.05, 3.63) is 72.1 Å². The van der Waals surface area contributed by atoms with Crippen LogP contribution in [0.1, 0.15) is 20.8 Å². The molecule has 2 heterocycles. The number of carbonyl (C=O) groups excluding carboxylic acids is 2. The molecule has 1 aromatic heterocycles. The van der Waals surface area contributed by atoms with Gasteiger partial charge in [0.25, 0.3) is 11.8 Å². The predicted molar refractivity (Wildman–Crippen MR) is 120 cm³/mol. The van der Waals surface area contributed by atoms with Crippen molar-refractivity contribution in [1.82, 2.24) is 19.4 Å². The number of rotatable bonds is 5. The quantitative estimate of drug-likeness (QED) is 0.575. The van der Waals surface area contributed by atoms with Gasteiger partial charge in [-0.3, -0.25) is 14.2 Å². The van der Waals surface area contributed by atoms with E-state index in [4.69, 9.17) is 4.74 Å². The highest BCUT2D eigenvalue weighted by Crippen LogP contribution is 2.23. The number of amides is 2. The molecule has 0 saturated carbocycles. The van der Waals surface area contributed by atoms with Crippen molar-refractivity contribution in [3.8, 4) is 11.4 Å². The Labute approximate surface area is 185 Å². The summed E-state index contributed by atoms with van der Waals surface area (Å²) in [7, 11) is 1.60. The Morgan fingerprint density at radius 3 is 2.10 bits per heavy atom. The van der Waals surface area contributed by atoms with Gasteiger partial charge >= 0.3 is 0 Å². The summed E-state index contributed by atoms with van der Waals surface area (Å²) in [6, 6.07) is 16.8. The summed E-state index contributed by atoms with van der Waals surface area (Å²) in [6.45, 7) is 1.95. The molecule has 8 heteroatoms. The van der Waals surface area contributed by atoms with Gasteiger partial charge in [-0.05, 0) is 42.7 Å². The van der Waals surface area contributed by atoms with E-state index in [1.165, 1.54) is 11.8 Å². The van der Waals surface area contributed by atoms with Crippen LogP contribution in [0.25, 0.3) is 5.69 Å². The molecule has 0 N–H and O–H groups in total. The maximum absolute atomic E-state index is 13.3. The van der Waals surface area contributed by atoms with Crippen molar-refractivity contribution in [3.63, 3.8) is 0 Å². The number of nitrogens with zero attached hydrogens (tertiary/aromatic N) is 4. The van der Waals surface area contributed by atoms with E-state index < -0.39 is 0 Å². The van der Waals surface area contributed by atoms with Crippen LogP contribution in [0.3, 0.4) is 0 Å². The molecule has 4 rings (SSSR count). The van der Waals surface area contributed by atoms with Gasteiger partial charge in [-0.25, -0.2) is 4.98 Å². The van der Waals surface area contributed by atoms with E-state index in [-0.39, 0.29) is 11.8 Å². The van der Waals surface area contributed by atoms with Crippen molar-refractivity contribution >= 4 is 23.6 Å². The SMILES string of the molecule is COc1ccc(C(=O)N2CCN(C(=O)c3cnc(SC)n3-c3ccccc3)CC2)cc1. The monoisotopic (exact) mass is 436 g/mol. The maximum atomic E-state index is 13.3. The zero-order valence-corrected chi connectivity index (χ0v) is 18.3. The number of para-hydroxylation sites is 1. The first-order chi connectivity index (χ1) is 15.1. The number of carbonyl (C=O) groups is 2. The standard InChI is InChI=1S/C23H24N4O3S/c1-30-19-10-8-17(9-11-19)21(28)25-12-14-26(15-13-25)22(29)20-16-24-23(31-2)27(20)18-6-4-3-5-7-18/h3-11,16H,12-15H2,1-2H3. The summed E-state index contributed by atoms with van der Waals surface area (Å²) < 4.78 is 7.04. The molecule has 3 aromatic rings. The van der Waals surface area contributed by atoms with Crippen molar-refractivity contribution in [2.75, 3.05) is 39.5 Å². The molecule has 1 aliphatic heterocycles. The van der Waals surface area contributed by atoms with Gasteiger partial charge in [-0.1, -0.05) is 30.0 Å². The van der Waals surface area contributed by atoms with Crippen LogP contribution in [0.2, 0.25) is 0 Å². The van der Waals surface area contributed by atoms with Crippen LogP contribution in [0.5, 0.6) is 5.75 Å². The van der Waals surface area contributed by atoms with Crippen LogP contribution in [-0.2, 0) is 0 Å². The molecule has 1 saturated heterocycles. The normalized spacial score (nSPS) is 13.9. The fourth-order valence-electron chi connectivity index (χ4n) is 3.65. The number of methoxy groups -OCH3 is 1. The summed E-state index contributed by atoms with van der Waals surface area (Å²) in [4.78, 5) is 34.1. The molecule has 0 bridgehead atoms. The molecule has 0 radical (unpaired) electrons. The summed E-state index contributed by atoms with van der Waals surface area (Å²) in [5, 5.41) is 0.767. The molecule has 2 amide bonds. The third-order valence-electron chi connectivity index (χ3n) is 5.34. The van der Waals surface area contributed by atoms with Gasteiger partial charge in [0.2, 0.25) is 0 Å². The van der Waals surface area contributed by atoms with Gasteiger partial charge in [-0.2, -0.15) is 0 Å². The Hall–Kier alpha value is -3.26. The number of piperazine rings is 1. The smallest absolute Gasteiger partial charge is 0.272 e. The average molecular weight is 437 g/mol. The summed E-state index contributed by atoms with van der Waals surface area (Å²) in [5.41, 5.74) is 2.05. The molecule has 0 spiro atoms. The van der Waals surface area contributed by atoms with E-state index in [1.807, 2.05) is 41.2 Å². The summed E-state index contributed by atoms with van der Waals surface area (Å²) in [5.74, 6) is 0.605. The van der Waals surface area contributed by atoms with Crippen LogP contribution >= 0.6 is 11.8 Å². The first-order valence-electron chi connectivity index (χ1n) is 10.0. The number of aromatic nitrogens is 2. The van der Waals surface area contributed by atoms with Gasteiger partial charge in [0.05, 0.1) is 13.3 Å². The number of thioether (sulfide) groups is 1. The number of benzene rings is 2. The van der Waals surface area contributed by atoms with E-state index in [1.54, 1.807) is 47.4 Å². The zero-order chi connectivity index (χ0) is 21.8. The van der Waals surface area contributed by atoms with Crippen LogP contribution < -0.4 is 4.74 Å². The molecule has 7 nitrogen and oxygen atoms in total. The van der Waals surface area contributed by atoms with Crippen LogP contribution in [0.15, 0.2) is 66.0 Å². The second kappa shape index (κ2) is 9.26. The lowest BCUT2D eigenvalue weighted by atomic mass is 10.1. The first-order valence-corrected chi connectivity index (χ1v) is 11.2. The Kier molecular flexibility index (Phi) is 6.27. The van der Waals surface area contributed by atoms with Gasteiger partial charge in [0.15, 0.2) is 5.16 Å². The topological polar surface area (TPSA) is 67.7 Å². The number of hydrogen-bond acceptors (Lipinski definition) is 5.